The van der Waals surface area contributed by atoms with Crippen molar-refractivity contribution in [1.29, 1.82) is 0 Å². The van der Waals surface area contributed by atoms with Gasteiger partial charge in [-0.05, 0) is 18.6 Å². The normalized spacial score (nSPS) is 10.4. The molecule has 0 spiro atoms. The number of ether oxygens (including phenoxy) is 1. The van der Waals surface area contributed by atoms with Gasteiger partial charge in [-0.25, -0.2) is 8.78 Å². The molecule has 0 atom stereocenters. The SMILES string of the molecule is CCCCCCCOc1c(F)cc(C=O)cc1F. The summed E-state index contributed by atoms with van der Waals surface area (Å²) >= 11 is 0. The fraction of sp³-hybridized carbons (Fsp3) is 0.500. The van der Waals surface area contributed by atoms with Crippen LogP contribution in [0.1, 0.15) is 49.4 Å². The van der Waals surface area contributed by atoms with Crippen molar-refractivity contribution >= 4 is 6.29 Å². The van der Waals surface area contributed by atoms with Crippen LogP contribution >= 0.6 is 0 Å². The molecule has 0 saturated carbocycles. The third kappa shape index (κ3) is 4.43. The van der Waals surface area contributed by atoms with Gasteiger partial charge in [0.15, 0.2) is 17.4 Å². The topological polar surface area (TPSA) is 26.3 Å². The highest BCUT2D eigenvalue weighted by Crippen LogP contribution is 2.23. The maximum absolute atomic E-state index is 13.4. The van der Waals surface area contributed by atoms with Crippen LogP contribution in [0.25, 0.3) is 0 Å². The van der Waals surface area contributed by atoms with Crippen molar-refractivity contribution in [2.75, 3.05) is 6.61 Å². The molecule has 4 heteroatoms. The minimum absolute atomic E-state index is 0.0275. The molecule has 0 amide bonds. The molecule has 0 saturated heterocycles. The summed E-state index contributed by atoms with van der Waals surface area (Å²) < 4.78 is 31.9. The summed E-state index contributed by atoms with van der Waals surface area (Å²) in [5.41, 5.74) is -0.0275. The van der Waals surface area contributed by atoms with Gasteiger partial charge in [-0.2, -0.15) is 0 Å². The lowest BCUT2D eigenvalue weighted by atomic mass is 10.2. The van der Waals surface area contributed by atoms with Gasteiger partial charge in [0.05, 0.1) is 6.61 Å². The van der Waals surface area contributed by atoms with Gasteiger partial charge < -0.3 is 4.74 Å². The molecule has 0 aliphatic heterocycles. The number of benzene rings is 1. The van der Waals surface area contributed by atoms with Crippen LogP contribution in [0.2, 0.25) is 0 Å². The Morgan fingerprint density at radius 3 is 2.28 bits per heavy atom. The van der Waals surface area contributed by atoms with Crippen molar-refractivity contribution < 1.29 is 18.3 Å². The van der Waals surface area contributed by atoms with E-state index < -0.39 is 17.4 Å². The van der Waals surface area contributed by atoms with Gasteiger partial charge in [0, 0.05) is 5.56 Å². The summed E-state index contributed by atoms with van der Waals surface area (Å²) in [6, 6.07) is 1.95. The summed E-state index contributed by atoms with van der Waals surface area (Å²) in [7, 11) is 0. The lowest BCUT2D eigenvalue weighted by Gasteiger charge is -2.08. The maximum Gasteiger partial charge on any atom is 0.190 e. The van der Waals surface area contributed by atoms with Crippen LogP contribution in [0, 0.1) is 11.6 Å². The molecule has 0 radical (unpaired) electrons. The molecule has 0 heterocycles. The number of carbonyl (C=O) groups excluding carboxylic acids is 1. The Bertz CT molecular complexity index is 368. The third-order valence-electron chi connectivity index (χ3n) is 2.65. The quantitative estimate of drug-likeness (QED) is 0.516. The molecular formula is C14H18F2O2. The van der Waals surface area contributed by atoms with E-state index in [4.69, 9.17) is 4.74 Å². The number of carbonyl (C=O) groups is 1. The second-order valence-corrected chi connectivity index (χ2v) is 4.19. The van der Waals surface area contributed by atoms with Gasteiger partial charge in [-0.15, -0.1) is 0 Å². The Balaban J connectivity index is 2.45. The minimum Gasteiger partial charge on any atom is -0.488 e. The summed E-state index contributed by atoms with van der Waals surface area (Å²) in [4.78, 5) is 10.4. The van der Waals surface area contributed by atoms with E-state index >= 15 is 0 Å². The van der Waals surface area contributed by atoms with Crippen molar-refractivity contribution in [3.05, 3.63) is 29.3 Å². The maximum atomic E-state index is 13.4. The molecule has 0 aliphatic rings. The summed E-state index contributed by atoms with van der Waals surface area (Å²) in [6.45, 7) is 2.41. The Kier molecular flexibility index (Phi) is 6.33. The van der Waals surface area contributed by atoms with Crippen molar-refractivity contribution in [1.82, 2.24) is 0 Å². The zero-order valence-electron chi connectivity index (χ0n) is 10.5. The average Bonchev–Trinajstić information content (AvgIpc) is 2.35. The average molecular weight is 256 g/mol. The van der Waals surface area contributed by atoms with Crippen LogP contribution in [0.5, 0.6) is 5.75 Å². The van der Waals surface area contributed by atoms with Crippen molar-refractivity contribution in [2.24, 2.45) is 0 Å². The Morgan fingerprint density at radius 1 is 1.11 bits per heavy atom. The largest absolute Gasteiger partial charge is 0.488 e. The molecule has 0 N–H and O–H groups in total. The lowest BCUT2D eigenvalue weighted by Crippen LogP contribution is -2.02. The fourth-order valence-electron chi connectivity index (χ4n) is 1.67. The monoisotopic (exact) mass is 256 g/mol. The van der Waals surface area contributed by atoms with Gasteiger partial charge in [0.1, 0.15) is 6.29 Å². The number of aldehydes is 1. The first-order chi connectivity index (χ1) is 8.69. The zero-order chi connectivity index (χ0) is 13.4. The second-order valence-electron chi connectivity index (χ2n) is 4.19. The number of unbranched alkanes of at least 4 members (excludes halogenated alkanes) is 4. The molecule has 0 bridgehead atoms. The van der Waals surface area contributed by atoms with E-state index in [0.717, 1.165) is 44.2 Å². The number of hydrogen-bond donors (Lipinski definition) is 0. The number of halogens is 2. The second kappa shape index (κ2) is 7.80. The van der Waals surface area contributed by atoms with Gasteiger partial charge >= 0.3 is 0 Å². The third-order valence-corrected chi connectivity index (χ3v) is 2.65. The van der Waals surface area contributed by atoms with Crippen LogP contribution in [0.4, 0.5) is 8.78 Å². The first-order valence-electron chi connectivity index (χ1n) is 6.26. The minimum atomic E-state index is -0.828. The molecule has 1 aromatic carbocycles. The number of rotatable bonds is 8. The van der Waals surface area contributed by atoms with E-state index in [9.17, 15) is 13.6 Å². The highest BCUT2D eigenvalue weighted by molar-refractivity contribution is 5.75. The molecule has 0 aliphatic carbocycles. The van der Waals surface area contributed by atoms with Crippen molar-refractivity contribution in [2.45, 2.75) is 39.0 Å². The lowest BCUT2D eigenvalue weighted by molar-refractivity contribution is 0.112. The summed E-state index contributed by atoms with van der Waals surface area (Å²) in [5, 5.41) is 0. The van der Waals surface area contributed by atoms with Crippen molar-refractivity contribution in [3.8, 4) is 5.75 Å². The molecule has 0 fully saturated rings. The molecule has 0 aromatic heterocycles. The van der Waals surface area contributed by atoms with Gasteiger partial charge in [0.25, 0.3) is 0 Å². The predicted molar refractivity (Wildman–Crippen MR) is 66.0 cm³/mol. The molecule has 0 unspecified atom stereocenters. The first-order valence-corrected chi connectivity index (χ1v) is 6.26. The molecule has 2 nitrogen and oxygen atoms in total. The zero-order valence-corrected chi connectivity index (χ0v) is 10.5. The predicted octanol–water partition coefficient (Wildman–Crippen LogP) is 4.13. The highest BCUT2D eigenvalue weighted by Gasteiger charge is 2.12. The van der Waals surface area contributed by atoms with E-state index in [1.165, 1.54) is 0 Å². The molecule has 1 rings (SSSR count). The van der Waals surface area contributed by atoms with Gasteiger partial charge in [-0.3, -0.25) is 4.79 Å². The highest BCUT2D eigenvalue weighted by atomic mass is 19.1. The molecule has 1 aromatic rings. The van der Waals surface area contributed by atoms with Gasteiger partial charge in [-0.1, -0.05) is 32.6 Å². The smallest absolute Gasteiger partial charge is 0.190 e. The van der Waals surface area contributed by atoms with Crippen LogP contribution < -0.4 is 4.74 Å². The van der Waals surface area contributed by atoms with E-state index in [2.05, 4.69) is 6.92 Å². The molecule has 100 valence electrons. The molecule has 18 heavy (non-hydrogen) atoms. The van der Waals surface area contributed by atoms with Crippen LogP contribution in [-0.4, -0.2) is 12.9 Å². The van der Waals surface area contributed by atoms with E-state index in [1.54, 1.807) is 0 Å². The van der Waals surface area contributed by atoms with E-state index in [0.29, 0.717) is 6.29 Å². The Morgan fingerprint density at radius 2 is 1.72 bits per heavy atom. The van der Waals surface area contributed by atoms with Crippen LogP contribution in [-0.2, 0) is 0 Å². The standard InChI is InChI=1S/C14H18F2O2/c1-2-3-4-5-6-7-18-14-12(15)8-11(10-17)9-13(14)16/h8-10H,2-7H2,1H3. The van der Waals surface area contributed by atoms with Crippen LogP contribution in [0.3, 0.4) is 0 Å². The summed E-state index contributed by atoms with van der Waals surface area (Å²) in [5.74, 6) is -2.05. The fourth-order valence-corrected chi connectivity index (χ4v) is 1.67. The van der Waals surface area contributed by atoms with Gasteiger partial charge in [0.2, 0.25) is 0 Å². The number of hydrogen-bond acceptors (Lipinski definition) is 2. The first kappa shape index (κ1) is 14.6. The molecular weight excluding hydrogens is 238 g/mol. The van der Waals surface area contributed by atoms with Crippen molar-refractivity contribution in [3.63, 3.8) is 0 Å². The Labute approximate surface area is 106 Å². The summed E-state index contributed by atoms with van der Waals surface area (Å²) in [6.07, 6.45) is 5.58. The van der Waals surface area contributed by atoms with Crippen LogP contribution in [0.15, 0.2) is 12.1 Å². The van der Waals surface area contributed by atoms with E-state index in [-0.39, 0.29) is 12.2 Å². The van der Waals surface area contributed by atoms with E-state index in [1.807, 2.05) is 0 Å². The Hall–Kier alpha value is -1.45.